The lowest BCUT2D eigenvalue weighted by Crippen LogP contribution is -2.22. The van der Waals surface area contributed by atoms with Gasteiger partial charge < -0.3 is 0 Å². The van der Waals surface area contributed by atoms with E-state index < -0.39 is 39.0 Å². The van der Waals surface area contributed by atoms with E-state index in [0.717, 1.165) is 18.2 Å². The summed E-state index contributed by atoms with van der Waals surface area (Å²) in [4.78, 5) is 31.8. The van der Waals surface area contributed by atoms with Gasteiger partial charge >= 0.3 is 0 Å². The molecule has 18 heavy (non-hydrogen) atoms. The Morgan fingerprint density at radius 2 is 1.94 bits per heavy atom. The molecule has 1 heterocycles. The highest BCUT2D eigenvalue weighted by Gasteiger charge is 2.41. The number of hydrogen-bond acceptors (Lipinski definition) is 4. The van der Waals surface area contributed by atoms with E-state index in [0.29, 0.717) is 0 Å². The van der Waals surface area contributed by atoms with Crippen LogP contribution in [-0.4, -0.2) is 21.6 Å². The first kappa shape index (κ1) is 12.6. The third-order valence-corrected chi connectivity index (χ3v) is 3.49. The van der Waals surface area contributed by atoms with Crippen LogP contribution in [0.2, 0.25) is 0 Å². The third-order valence-electron chi connectivity index (χ3n) is 2.55. The molecule has 2 amide bonds. The molecule has 0 bridgehead atoms. The Morgan fingerprint density at radius 1 is 1.28 bits per heavy atom. The monoisotopic (exact) mass is 316 g/mol. The van der Waals surface area contributed by atoms with Crippen LogP contribution < -0.4 is 5.32 Å². The van der Waals surface area contributed by atoms with Gasteiger partial charge in [-0.15, -0.1) is 0 Å². The highest BCUT2D eigenvalue weighted by molar-refractivity contribution is 9.10. The van der Waals surface area contributed by atoms with Crippen molar-refractivity contribution in [3.8, 4) is 0 Å². The molecular weight excluding hydrogens is 311 g/mol. The predicted molar refractivity (Wildman–Crippen MR) is 61.7 cm³/mol. The summed E-state index contributed by atoms with van der Waals surface area (Å²) in [6.45, 7) is 0. The van der Waals surface area contributed by atoms with Crippen LogP contribution in [0.1, 0.15) is 11.5 Å². The Bertz CT molecular complexity index is 563. The minimum Gasteiger partial charge on any atom is -0.295 e. The van der Waals surface area contributed by atoms with E-state index in [4.69, 9.17) is 0 Å². The summed E-state index contributed by atoms with van der Waals surface area (Å²) in [5.41, 5.74) is -0.372. The minimum absolute atomic E-state index is 0.0897. The number of non-ortho nitro benzene ring substituents is 1. The smallest absolute Gasteiger partial charge is 0.272 e. The average molecular weight is 317 g/mol. The van der Waals surface area contributed by atoms with Crippen LogP contribution in [0.15, 0.2) is 18.2 Å². The van der Waals surface area contributed by atoms with E-state index in [1.165, 1.54) is 0 Å². The molecule has 1 saturated heterocycles. The Kier molecular flexibility index (Phi) is 3.12. The number of nitro benzene ring substituents is 1. The number of hydrogen-bond donors (Lipinski definition) is 1. The van der Waals surface area contributed by atoms with Crippen molar-refractivity contribution in [1.29, 1.82) is 0 Å². The topological polar surface area (TPSA) is 89.3 Å². The molecule has 1 aliphatic rings. The van der Waals surface area contributed by atoms with Gasteiger partial charge in [0.1, 0.15) is 10.6 Å². The number of amides is 2. The van der Waals surface area contributed by atoms with Crippen molar-refractivity contribution in [1.82, 2.24) is 5.32 Å². The molecule has 0 aliphatic carbocycles. The largest absolute Gasteiger partial charge is 0.295 e. The van der Waals surface area contributed by atoms with E-state index in [-0.39, 0.29) is 5.56 Å². The molecule has 1 aliphatic heterocycles. The van der Waals surface area contributed by atoms with E-state index in [9.17, 15) is 24.1 Å². The molecule has 6 nitrogen and oxygen atoms in total. The number of nitro groups is 1. The lowest BCUT2D eigenvalue weighted by molar-refractivity contribution is -0.385. The number of carbonyl (C=O) groups excluding carboxylic acids is 2. The number of benzene rings is 1. The average Bonchev–Trinajstić information content (AvgIpc) is 2.52. The maximum absolute atomic E-state index is 13.3. The Labute approximate surface area is 108 Å². The Morgan fingerprint density at radius 3 is 2.44 bits per heavy atom. The number of nitrogens with one attached hydrogen (secondary N) is 1. The summed E-state index contributed by atoms with van der Waals surface area (Å²) in [6.07, 6.45) is 0. The quantitative estimate of drug-likeness (QED) is 0.385. The summed E-state index contributed by atoms with van der Waals surface area (Å²) in [7, 11) is 0. The molecule has 1 aromatic rings. The highest BCUT2D eigenvalue weighted by Crippen LogP contribution is 2.32. The molecule has 1 fully saturated rings. The van der Waals surface area contributed by atoms with Crippen molar-refractivity contribution in [2.24, 2.45) is 0 Å². The standard InChI is InChI=1S/C10H6BrFN2O4/c11-8-7(9(15)13-10(8)16)4-1-5(12)3-6(2-4)14(17)18/h1-3,7-8H,(H,13,15,16). The fraction of sp³-hybridized carbons (Fsp3) is 0.200. The van der Waals surface area contributed by atoms with Gasteiger partial charge in [0.15, 0.2) is 0 Å². The van der Waals surface area contributed by atoms with Gasteiger partial charge in [-0.2, -0.15) is 0 Å². The van der Waals surface area contributed by atoms with Gasteiger partial charge in [-0.1, -0.05) is 15.9 Å². The van der Waals surface area contributed by atoms with Gasteiger partial charge in [-0.3, -0.25) is 25.0 Å². The number of rotatable bonds is 2. The molecule has 94 valence electrons. The van der Waals surface area contributed by atoms with Crippen molar-refractivity contribution < 1.29 is 18.9 Å². The van der Waals surface area contributed by atoms with Crippen LogP contribution in [-0.2, 0) is 9.59 Å². The van der Waals surface area contributed by atoms with Crippen molar-refractivity contribution in [2.45, 2.75) is 10.7 Å². The zero-order chi connectivity index (χ0) is 13.4. The summed E-state index contributed by atoms with van der Waals surface area (Å²) < 4.78 is 13.3. The number of imide groups is 1. The second-order valence-corrected chi connectivity index (χ2v) is 4.72. The molecule has 2 rings (SSSR count). The maximum atomic E-state index is 13.3. The number of carbonyl (C=O) groups is 2. The minimum atomic E-state index is -0.966. The van der Waals surface area contributed by atoms with Gasteiger partial charge in [0, 0.05) is 6.07 Å². The molecule has 0 radical (unpaired) electrons. The number of nitrogens with zero attached hydrogens (tertiary/aromatic N) is 1. The normalized spacial score (nSPS) is 23.0. The second kappa shape index (κ2) is 4.45. The zero-order valence-electron chi connectivity index (χ0n) is 8.72. The van der Waals surface area contributed by atoms with Gasteiger partial charge in [0.25, 0.3) is 5.69 Å². The molecule has 2 atom stereocenters. The van der Waals surface area contributed by atoms with E-state index in [1.54, 1.807) is 0 Å². The lowest BCUT2D eigenvalue weighted by atomic mass is 9.97. The number of alkyl halides is 1. The van der Waals surface area contributed by atoms with Gasteiger partial charge in [-0.05, 0) is 11.6 Å². The van der Waals surface area contributed by atoms with Crippen LogP contribution in [0.4, 0.5) is 10.1 Å². The Balaban J connectivity index is 2.48. The molecule has 1 aromatic carbocycles. The van der Waals surface area contributed by atoms with Crippen molar-refractivity contribution in [2.75, 3.05) is 0 Å². The van der Waals surface area contributed by atoms with Crippen molar-refractivity contribution in [3.63, 3.8) is 0 Å². The van der Waals surface area contributed by atoms with Crippen LogP contribution in [0.3, 0.4) is 0 Å². The van der Waals surface area contributed by atoms with Crippen LogP contribution >= 0.6 is 15.9 Å². The summed E-state index contributed by atoms with van der Waals surface area (Å²) in [5, 5.41) is 12.7. The van der Waals surface area contributed by atoms with Crippen LogP contribution in [0, 0.1) is 15.9 Å². The highest BCUT2D eigenvalue weighted by atomic mass is 79.9. The number of halogens is 2. The molecule has 0 saturated carbocycles. The predicted octanol–water partition coefficient (Wildman–Crippen LogP) is 1.24. The first-order chi connectivity index (χ1) is 8.40. The fourth-order valence-corrected chi connectivity index (χ4v) is 2.41. The van der Waals surface area contributed by atoms with Gasteiger partial charge in [-0.25, -0.2) is 4.39 Å². The summed E-state index contributed by atoms with van der Waals surface area (Å²) in [6, 6.07) is 2.84. The van der Waals surface area contributed by atoms with E-state index in [2.05, 4.69) is 21.2 Å². The Hall–Kier alpha value is -1.83. The van der Waals surface area contributed by atoms with Crippen LogP contribution in [0.25, 0.3) is 0 Å². The molecule has 0 aromatic heterocycles. The first-order valence-corrected chi connectivity index (χ1v) is 5.75. The third kappa shape index (κ3) is 2.10. The SMILES string of the molecule is O=C1NC(=O)C(c2cc(F)cc([N+](=O)[O-])c2)C1Br. The summed E-state index contributed by atoms with van der Waals surface area (Å²) in [5.74, 6) is -2.95. The van der Waals surface area contributed by atoms with Crippen LogP contribution in [0.5, 0.6) is 0 Å². The van der Waals surface area contributed by atoms with E-state index >= 15 is 0 Å². The molecule has 8 heteroatoms. The molecular formula is C10H6BrFN2O4. The van der Waals surface area contributed by atoms with Crippen molar-refractivity contribution in [3.05, 3.63) is 39.7 Å². The fourth-order valence-electron chi connectivity index (χ4n) is 1.75. The second-order valence-electron chi connectivity index (χ2n) is 3.73. The summed E-state index contributed by atoms with van der Waals surface area (Å²) >= 11 is 3.01. The molecule has 0 spiro atoms. The van der Waals surface area contributed by atoms with Gasteiger partial charge in [0.2, 0.25) is 11.8 Å². The van der Waals surface area contributed by atoms with E-state index in [1.807, 2.05) is 0 Å². The van der Waals surface area contributed by atoms with Crippen molar-refractivity contribution >= 4 is 33.4 Å². The lowest BCUT2D eigenvalue weighted by Gasteiger charge is -2.09. The first-order valence-electron chi connectivity index (χ1n) is 4.84. The molecule has 2 unspecified atom stereocenters. The molecule has 1 N–H and O–H groups in total. The zero-order valence-corrected chi connectivity index (χ0v) is 10.3. The maximum Gasteiger partial charge on any atom is 0.272 e. The van der Waals surface area contributed by atoms with Gasteiger partial charge in [0.05, 0.1) is 16.9 Å².